The lowest BCUT2D eigenvalue weighted by atomic mass is 10.2. The number of nitrogens with zero attached hydrogens (tertiary/aromatic N) is 4. The van der Waals surface area contributed by atoms with Crippen LogP contribution >= 0.6 is 34.4 Å². The summed E-state index contributed by atoms with van der Waals surface area (Å²) in [7, 11) is 0. The van der Waals surface area contributed by atoms with Crippen molar-refractivity contribution in [2.75, 3.05) is 11.9 Å². The Morgan fingerprint density at radius 3 is 2.96 bits per heavy atom. The van der Waals surface area contributed by atoms with Gasteiger partial charge in [0.05, 0.1) is 0 Å². The normalized spacial score (nSPS) is 11.4. The number of hydrogen-bond donors (Lipinski definition) is 1. The van der Waals surface area contributed by atoms with Gasteiger partial charge in [-0.3, -0.25) is 0 Å². The Balaban J connectivity index is 1.34. The van der Waals surface area contributed by atoms with Gasteiger partial charge >= 0.3 is 0 Å². The first-order chi connectivity index (χ1) is 13.4. The van der Waals surface area contributed by atoms with E-state index in [2.05, 4.69) is 43.0 Å². The molecule has 0 saturated carbocycles. The van der Waals surface area contributed by atoms with Gasteiger partial charge in [-0.05, 0) is 41.8 Å². The summed E-state index contributed by atoms with van der Waals surface area (Å²) in [6.07, 6.45) is 2.54. The smallest absolute Gasteiger partial charge is 0.206 e. The molecule has 4 aromatic heterocycles. The van der Waals surface area contributed by atoms with Crippen LogP contribution in [0.2, 0.25) is 0 Å². The first-order valence-electron chi connectivity index (χ1n) is 8.27. The van der Waals surface area contributed by atoms with Gasteiger partial charge < -0.3 is 9.73 Å². The Bertz CT molecular complexity index is 1200. The predicted octanol–water partition coefficient (Wildman–Crippen LogP) is 5.09. The highest BCUT2D eigenvalue weighted by atomic mass is 32.2. The number of anilines is 1. The molecule has 0 fully saturated rings. The molecule has 0 radical (unpaired) electrons. The van der Waals surface area contributed by atoms with E-state index in [-0.39, 0.29) is 0 Å². The molecule has 4 heterocycles. The second-order valence-corrected chi connectivity index (χ2v) is 8.93. The fourth-order valence-electron chi connectivity index (χ4n) is 2.73. The number of hydrogen-bond acceptors (Lipinski definition) is 9. The second kappa shape index (κ2) is 7.26. The summed E-state index contributed by atoms with van der Waals surface area (Å²) < 4.78 is 6.78. The van der Waals surface area contributed by atoms with Gasteiger partial charge in [-0.25, -0.2) is 9.97 Å². The Morgan fingerprint density at radius 1 is 1.07 bits per heavy atom. The maximum Gasteiger partial charge on any atom is 0.206 e. The van der Waals surface area contributed by atoms with Gasteiger partial charge in [0.2, 0.25) is 5.13 Å². The minimum Gasteiger partial charge on any atom is -0.451 e. The minimum absolute atomic E-state index is 0.686. The maximum atomic E-state index is 5.96. The van der Waals surface area contributed by atoms with Crippen LogP contribution in [0, 0.1) is 0 Å². The number of nitrogens with one attached hydrogen (secondary N) is 1. The van der Waals surface area contributed by atoms with E-state index in [9.17, 15) is 0 Å². The molecule has 0 bridgehead atoms. The van der Waals surface area contributed by atoms with Crippen molar-refractivity contribution >= 4 is 61.6 Å². The minimum atomic E-state index is 0.686. The fraction of sp³-hybridized carbons (Fsp3) is 0.111. The van der Waals surface area contributed by atoms with E-state index in [1.807, 2.05) is 24.3 Å². The van der Waals surface area contributed by atoms with Crippen molar-refractivity contribution in [2.24, 2.45) is 0 Å². The van der Waals surface area contributed by atoms with Gasteiger partial charge in [0.1, 0.15) is 22.5 Å². The third kappa shape index (κ3) is 3.41. The quantitative estimate of drug-likeness (QED) is 0.390. The van der Waals surface area contributed by atoms with Crippen LogP contribution in [0.1, 0.15) is 4.88 Å². The molecule has 1 N–H and O–H groups in total. The molecule has 0 unspecified atom stereocenters. The zero-order valence-electron chi connectivity index (χ0n) is 14.0. The Labute approximate surface area is 166 Å². The van der Waals surface area contributed by atoms with Crippen LogP contribution in [0.25, 0.3) is 22.1 Å². The Kier molecular flexibility index (Phi) is 4.48. The van der Waals surface area contributed by atoms with Crippen LogP contribution in [0.4, 0.5) is 5.13 Å². The monoisotopic (exact) mass is 411 g/mol. The van der Waals surface area contributed by atoms with Crippen molar-refractivity contribution in [1.29, 1.82) is 0 Å². The predicted molar refractivity (Wildman–Crippen MR) is 110 cm³/mol. The summed E-state index contributed by atoms with van der Waals surface area (Å²) in [4.78, 5) is 10.1. The van der Waals surface area contributed by atoms with E-state index in [0.717, 1.165) is 43.9 Å². The summed E-state index contributed by atoms with van der Waals surface area (Å²) in [5, 5.41) is 16.4. The van der Waals surface area contributed by atoms with Gasteiger partial charge in [0.15, 0.2) is 9.92 Å². The average molecular weight is 412 g/mol. The fourth-order valence-corrected chi connectivity index (χ4v) is 5.16. The molecule has 0 aliphatic rings. The summed E-state index contributed by atoms with van der Waals surface area (Å²) in [5.41, 5.74) is 2.32. The highest BCUT2D eigenvalue weighted by molar-refractivity contribution is 8.01. The molecule has 27 heavy (non-hydrogen) atoms. The van der Waals surface area contributed by atoms with E-state index in [1.54, 1.807) is 17.7 Å². The lowest BCUT2D eigenvalue weighted by molar-refractivity contribution is 0.653. The SMILES string of the molecule is c1csc(CCNc2nnc(Sc3ncnc4c3oc3ccccc34)s2)c1. The molecule has 0 spiro atoms. The molecule has 9 heteroatoms. The van der Waals surface area contributed by atoms with E-state index >= 15 is 0 Å². The highest BCUT2D eigenvalue weighted by Gasteiger charge is 2.15. The molecule has 5 aromatic rings. The molecule has 0 atom stereocenters. The van der Waals surface area contributed by atoms with Crippen LogP contribution in [-0.4, -0.2) is 26.7 Å². The lowest BCUT2D eigenvalue weighted by Gasteiger charge is -1.99. The van der Waals surface area contributed by atoms with E-state index in [1.165, 1.54) is 28.0 Å². The first kappa shape index (κ1) is 16.7. The molecule has 0 saturated heterocycles. The number of aromatic nitrogens is 4. The second-order valence-electron chi connectivity index (χ2n) is 5.69. The van der Waals surface area contributed by atoms with Crippen LogP contribution in [0.3, 0.4) is 0 Å². The number of rotatable bonds is 6. The molecule has 134 valence electrons. The van der Waals surface area contributed by atoms with Crippen LogP contribution in [0.15, 0.2) is 61.9 Å². The van der Waals surface area contributed by atoms with Crippen LogP contribution < -0.4 is 5.32 Å². The third-order valence-corrected chi connectivity index (χ3v) is 6.80. The van der Waals surface area contributed by atoms with E-state index in [4.69, 9.17) is 4.42 Å². The number of thiophene rings is 1. The van der Waals surface area contributed by atoms with Gasteiger partial charge in [0, 0.05) is 16.8 Å². The van der Waals surface area contributed by atoms with Gasteiger partial charge in [-0.15, -0.1) is 21.5 Å². The molecule has 5 rings (SSSR count). The number of furan rings is 1. The lowest BCUT2D eigenvalue weighted by Crippen LogP contribution is -2.03. The number of benzene rings is 1. The zero-order valence-corrected chi connectivity index (χ0v) is 16.4. The Morgan fingerprint density at radius 2 is 2.04 bits per heavy atom. The molecule has 0 aliphatic heterocycles. The average Bonchev–Trinajstić information content (AvgIpc) is 3.42. The standard InChI is InChI=1S/C18H13N5OS3/c1-2-6-13-12(5-1)14-15(24-13)16(21-10-20-14)26-18-23-22-17(27-18)19-8-7-11-4-3-9-25-11/h1-6,9-10H,7-8H2,(H,19,22). The topological polar surface area (TPSA) is 76.7 Å². The summed E-state index contributed by atoms with van der Waals surface area (Å²) in [5.74, 6) is 0. The first-order valence-corrected chi connectivity index (χ1v) is 10.8. The van der Waals surface area contributed by atoms with Crippen molar-refractivity contribution < 1.29 is 4.42 Å². The zero-order chi connectivity index (χ0) is 18.1. The van der Waals surface area contributed by atoms with Gasteiger partial charge in [-0.2, -0.15) is 0 Å². The third-order valence-electron chi connectivity index (χ3n) is 3.94. The summed E-state index contributed by atoms with van der Waals surface area (Å²) in [6.45, 7) is 0.834. The van der Waals surface area contributed by atoms with Crippen LogP contribution in [0.5, 0.6) is 0 Å². The molecule has 1 aromatic carbocycles. The Hall–Kier alpha value is -2.49. The summed E-state index contributed by atoms with van der Waals surface area (Å²) in [6, 6.07) is 12.1. The van der Waals surface area contributed by atoms with Crippen molar-refractivity contribution in [3.8, 4) is 0 Å². The molecule has 6 nitrogen and oxygen atoms in total. The molecule has 0 amide bonds. The van der Waals surface area contributed by atoms with E-state index in [0.29, 0.717) is 5.58 Å². The largest absolute Gasteiger partial charge is 0.451 e. The summed E-state index contributed by atoms with van der Waals surface area (Å²) >= 11 is 4.72. The van der Waals surface area contributed by atoms with Crippen molar-refractivity contribution in [2.45, 2.75) is 15.8 Å². The van der Waals surface area contributed by atoms with Crippen molar-refractivity contribution in [3.05, 3.63) is 53.0 Å². The molecular weight excluding hydrogens is 398 g/mol. The highest BCUT2D eigenvalue weighted by Crippen LogP contribution is 2.37. The van der Waals surface area contributed by atoms with Crippen molar-refractivity contribution in [1.82, 2.24) is 20.2 Å². The van der Waals surface area contributed by atoms with Gasteiger partial charge in [0.25, 0.3) is 0 Å². The molecule has 0 aliphatic carbocycles. The maximum absolute atomic E-state index is 5.96. The molecular formula is C18H13N5OS3. The van der Waals surface area contributed by atoms with E-state index < -0.39 is 0 Å². The van der Waals surface area contributed by atoms with Gasteiger partial charge in [-0.1, -0.05) is 29.5 Å². The van der Waals surface area contributed by atoms with Crippen molar-refractivity contribution in [3.63, 3.8) is 0 Å². The number of fused-ring (bicyclic) bond motifs is 3. The number of para-hydroxylation sites is 1. The van der Waals surface area contributed by atoms with Crippen LogP contribution in [-0.2, 0) is 6.42 Å².